The summed E-state index contributed by atoms with van der Waals surface area (Å²) in [6.45, 7) is 9.07. The van der Waals surface area contributed by atoms with Gasteiger partial charge in [-0.2, -0.15) is 0 Å². The van der Waals surface area contributed by atoms with Gasteiger partial charge in [0, 0.05) is 31.5 Å². The molecule has 0 aliphatic heterocycles. The van der Waals surface area contributed by atoms with E-state index in [1.165, 1.54) is 19.3 Å². The highest BCUT2D eigenvalue weighted by atomic mass is 15.2. The Bertz CT molecular complexity index is 424. The van der Waals surface area contributed by atoms with E-state index in [0.29, 0.717) is 17.5 Å². The third kappa shape index (κ3) is 3.23. The zero-order valence-electron chi connectivity index (χ0n) is 13.7. The Hall–Kier alpha value is -0.870. The molecule has 1 heterocycles. The van der Waals surface area contributed by atoms with E-state index in [9.17, 15) is 0 Å². The zero-order chi connectivity index (χ0) is 14.8. The highest BCUT2D eigenvalue weighted by Crippen LogP contribution is 2.39. The van der Waals surface area contributed by atoms with Gasteiger partial charge in [0.05, 0.1) is 6.54 Å². The van der Waals surface area contributed by atoms with E-state index < -0.39 is 0 Å². The van der Waals surface area contributed by atoms with Crippen molar-refractivity contribution in [2.24, 2.45) is 12.5 Å². The number of rotatable bonds is 6. The average Bonchev–Trinajstić information content (AvgIpc) is 2.91. The van der Waals surface area contributed by atoms with Crippen molar-refractivity contribution in [3.8, 4) is 0 Å². The van der Waals surface area contributed by atoms with E-state index in [1.807, 2.05) is 12.4 Å². The van der Waals surface area contributed by atoms with Gasteiger partial charge in [0.15, 0.2) is 0 Å². The number of aromatic nitrogens is 2. The zero-order valence-corrected chi connectivity index (χ0v) is 13.7. The Kier molecular flexibility index (Phi) is 4.86. The summed E-state index contributed by atoms with van der Waals surface area (Å²) >= 11 is 0. The second-order valence-corrected chi connectivity index (χ2v) is 6.90. The van der Waals surface area contributed by atoms with E-state index in [-0.39, 0.29) is 0 Å². The Morgan fingerprint density at radius 2 is 2.25 bits per heavy atom. The predicted octanol–water partition coefficient (Wildman–Crippen LogP) is 2.41. The smallest absolute Gasteiger partial charge is 0.122 e. The van der Waals surface area contributed by atoms with Gasteiger partial charge in [-0.25, -0.2) is 4.98 Å². The fraction of sp³-hybridized carbons (Fsp3) is 0.812. The summed E-state index contributed by atoms with van der Waals surface area (Å²) in [7, 11) is 4.31. The van der Waals surface area contributed by atoms with Gasteiger partial charge in [0.1, 0.15) is 5.82 Å². The fourth-order valence-electron chi connectivity index (χ4n) is 3.44. The van der Waals surface area contributed by atoms with Crippen molar-refractivity contribution >= 4 is 0 Å². The molecule has 1 aromatic rings. The summed E-state index contributed by atoms with van der Waals surface area (Å²) < 4.78 is 2.12. The van der Waals surface area contributed by atoms with Crippen LogP contribution in [0.4, 0.5) is 0 Å². The lowest BCUT2D eigenvalue weighted by atomic mass is 9.86. The minimum Gasteiger partial charge on any atom is -0.337 e. The normalized spacial score (nSPS) is 25.5. The van der Waals surface area contributed by atoms with Crippen molar-refractivity contribution < 1.29 is 0 Å². The molecule has 1 aliphatic carbocycles. The van der Waals surface area contributed by atoms with E-state index >= 15 is 0 Å². The first kappa shape index (κ1) is 15.5. The number of likely N-dealkylation sites (N-methyl/N-ethyl adjacent to an activating group) is 1. The summed E-state index contributed by atoms with van der Waals surface area (Å²) in [6, 6.07) is 1.18. The maximum absolute atomic E-state index is 4.45. The molecule has 20 heavy (non-hydrogen) atoms. The van der Waals surface area contributed by atoms with Gasteiger partial charge in [0.2, 0.25) is 0 Å². The summed E-state index contributed by atoms with van der Waals surface area (Å²) in [4.78, 5) is 6.93. The molecule has 2 atom stereocenters. The van der Waals surface area contributed by atoms with Gasteiger partial charge < -0.3 is 9.88 Å². The summed E-state index contributed by atoms with van der Waals surface area (Å²) in [5.74, 6) is 1.14. The van der Waals surface area contributed by atoms with Gasteiger partial charge in [-0.15, -0.1) is 0 Å². The molecule has 1 N–H and O–H groups in total. The summed E-state index contributed by atoms with van der Waals surface area (Å²) in [5.41, 5.74) is 0.385. The molecule has 4 nitrogen and oxygen atoms in total. The topological polar surface area (TPSA) is 33.1 Å². The standard InChI is InChI=1S/C16H30N4/c1-6-9-18-15-13(7-8-16(15,2)3)20(5)12-14-17-10-11-19(14)4/h10-11,13,15,18H,6-9,12H2,1-5H3. The highest BCUT2D eigenvalue weighted by molar-refractivity contribution is 5.02. The van der Waals surface area contributed by atoms with Crippen molar-refractivity contribution in [1.29, 1.82) is 0 Å². The van der Waals surface area contributed by atoms with Gasteiger partial charge in [-0.05, 0) is 38.3 Å². The monoisotopic (exact) mass is 278 g/mol. The molecule has 0 radical (unpaired) electrons. The van der Waals surface area contributed by atoms with Crippen LogP contribution < -0.4 is 5.32 Å². The molecule has 0 saturated heterocycles. The Labute approximate surface area is 123 Å². The number of nitrogens with zero attached hydrogens (tertiary/aromatic N) is 3. The molecule has 1 fully saturated rings. The molecule has 0 aromatic carbocycles. The van der Waals surface area contributed by atoms with Crippen LogP contribution >= 0.6 is 0 Å². The molecule has 114 valence electrons. The van der Waals surface area contributed by atoms with Crippen LogP contribution in [0, 0.1) is 5.41 Å². The van der Waals surface area contributed by atoms with Gasteiger partial charge in [-0.3, -0.25) is 4.90 Å². The molecule has 2 rings (SSSR count). The first-order valence-corrected chi connectivity index (χ1v) is 7.85. The van der Waals surface area contributed by atoms with Gasteiger partial charge in [-0.1, -0.05) is 20.8 Å². The van der Waals surface area contributed by atoms with E-state index in [2.05, 4.69) is 54.6 Å². The molecule has 2 unspecified atom stereocenters. The van der Waals surface area contributed by atoms with Crippen LogP contribution in [0.15, 0.2) is 12.4 Å². The second-order valence-electron chi connectivity index (χ2n) is 6.90. The lowest BCUT2D eigenvalue weighted by molar-refractivity contribution is 0.161. The minimum atomic E-state index is 0.385. The molecule has 0 bridgehead atoms. The first-order valence-electron chi connectivity index (χ1n) is 7.85. The SMILES string of the molecule is CCCNC1C(N(C)Cc2nccn2C)CCC1(C)C. The predicted molar refractivity (Wildman–Crippen MR) is 83.6 cm³/mol. The maximum Gasteiger partial charge on any atom is 0.122 e. The van der Waals surface area contributed by atoms with Crippen LogP contribution in [0.3, 0.4) is 0 Å². The molecular weight excluding hydrogens is 248 g/mol. The number of imidazole rings is 1. The van der Waals surface area contributed by atoms with Crippen LogP contribution in [0.1, 0.15) is 45.9 Å². The molecule has 0 amide bonds. The largest absolute Gasteiger partial charge is 0.337 e. The van der Waals surface area contributed by atoms with Crippen molar-refractivity contribution in [1.82, 2.24) is 19.8 Å². The van der Waals surface area contributed by atoms with Crippen molar-refractivity contribution in [2.45, 2.75) is 58.7 Å². The molecule has 1 saturated carbocycles. The lowest BCUT2D eigenvalue weighted by Crippen LogP contribution is -2.50. The van der Waals surface area contributed by atoms with Gasteiger partial charge in [0.25, 0.3) is 0 Å². The van der Waals surface area contributed by atoms with Crippen LogP contribution in [0.25, 0.3) is 0 Å². The summed E-state index contributed by atoms with van der Waals surface area (Å²) in [5, 5.41) is 3.78. The molecule has 1 aliphatic rings. The van der Waals surface area contributed by atoms with Crippen molar-refractivity contribution in [2.75, 3.05) is 13.6 Å². The number of nitrogens with one attached hydrogen (secondary N) is 1. The van der Waals surface area contributed by atoms with Crippen molar-refractivity contribution in [3.63, 3.8) is 0 Å². The van der Waals surface area contributed by atoms with E-state index in [0.717, 1.165) is 18.9 Å². The number of hydrogen-bond donors (Lipinski definition) is 1. The Morgan fingerprint density at radius 1 is 1.50 bits per heavy atom. The van der Waals surface area contributed by atoms with Crippen LogP contribution in [-0.2, 0) is 13.6 Å². The molecule has 4 heteroatoms. The third-order valence-electron chi connectivity index (χ3n) is 4.80. The van der Waals surface area contributed by atoms with E-state index in [4.69, 9.17) is 0 Å². The summed E-state index contributed by atoms with van der Waals surface area (Å²) in [6.07, 6.45) is 7.67. The van der Waals surface area contributed by atoms with Gasteiger partial charge >= 0.3 is 0 Å². The second kappa shape index (κ2) is 6.27. The molecule has 0 spiro atoms. The Morgan fingerprint density at radius 3 is 2.85 bits per heavy atom. The van der Waals surface area contributed by atoms with Crippen LogP contribution in [0.2, 0.25) is 0 Å². The van der Waals surface area contributed by atoms with Crippen molar-refractivity contribution in [3.05, 3.63) is 18.2 Å². The molecule has 1 aromatic heterocycles. The average molecular weight is 278 g/mol. The van der Waals surface area contributed by atoms with E-state index in [1.54, 1.807) is 0 Å². The fourth-order valence-corrected chi connectivity index (χ4v) is 3.44. The lowest BCUT2D eigenvalue weighted by Gasteiger charge is -2.36. The third-order valence-corrected chi connectivity index (χ3v) is 4.80. The Balaban J connectivity index is 2.04. The number of aryl methyl sites for hydroxylation is 1. The minimum absolute atomic E-state index is 0.385. The maximum atomic E-state index is 4.45. The highest BCUT2D eigenvalue weighted by Gasteiger charge is 2.43. The quantitative estimate of drug-likeness (QED) is 0.867. The van der Waals surface area contributed by atoms with Crippen LogP contribution in [0.5, 0.6) is 0 Å². The van der Waals surface area contributed by atoms with Crippen LogP contribution in [-0.4, -0.2) is 40.1 Å². The first-order chi connectivity index (χ1) is 9.45. The molecular formula is C16H30N4. The number of hydrogen-bond acceptors (Lipinski definition) is 3.